The largest absolute Gasteiger partial charge is 0.451 e. The zero-order valence-electron chi connectivity index (χ0n) is 8.28. The molecule has 0 spiro atoms. The van der Waals surface area contributed by atoms with Crippen LogP contribution in [0.5, 0.6) is 0 Å². The number of allylic oxidation sites excluding steroid dienone is 1. The van der Waals surface area contributed by atoms with Crippen molar-refractivity contribution in [3.05, 3.63) is 34.9 Å². The van der Waals surface area contributed by atoms with E-state index in [4.69, 9.17) is 16.6 Å². The third kappa shape index (κ3) is 1.53. The summed E-state index contributed by atoms with van der Waals surface area (Å²) in [5.74, 6) is 0.748. The van der Waals surface area contributed by atoms with E-state index < -0.39 is 0 Å². The number of aromatic amines is 1. The molecule has 2 heterocycles. The summed E-state index contributed by atoms with van der Waals surface area (Å²) in [4.78, 5) is 6.98. The molecule has 0 saturated heterocycles. The van der Waals surface area contributed by atoms with E-state index in [0.717, 1.165) is 16.8 Å². The summed E-state index contributed by atoms with van der Waals surface area (Å²) in [5, 5.41) is 0. The van der Waals surface area contributed by atoms with E-state index in [0.29, 0.717) is 10.2 Å². The van der Waals surface area contributed by atoms with E-state index in [-0.39, 0.29) is 0 Å². The van der Waals surface area contributed by atoms with Gasteiger partial charge in [0.25, 0.3) is 0 Å². The molecule has 0 amide bonds. The molecule has 0 aliphatic heterocycles. The van der Waals surface area contributed by atoms with E-state index in [1.54, 1.807) is 12.4 Å². The normalized spacial score (nSPS) is 11.3. The highest BCUT2D eigenvalue weighted by Crippen LogP contribution is 2.26. The predicted molar refractivity (Wildman–Crippen MR) is 64.0 cm³/mol. The lowest BCUT2D eigenvalue weighted by atomic mass is 10.2. The van der Waals surface area contributed by atoms with Crippen LogP contribution in [0.3, 0.4) is 0 Å². The van der Waals surface area contributed by atoms with E-state index in [9.17, 15) is 0 Å². The monoisotopic (exact) mass is 218 g/mol. The molecule has 2 aromatic heterocycles. The Hall–Kier alpha value is -1.68. The molecular weight excluding hydrogens is 208 g/mol. The molecule has 0 aromatic carbocycles. The second-order valence-corrected chi connectivity index (χ2v) is 3.38. The molecule has 0 unspecified atom stereocenters. The molecule has 2 rings (SSSR count). The van der Waals surface area contributed by atoms with Crippen LogP contribution in [0.4, 0.5) is 0 Å². The van der Waals surface area contributed by atoms with Crippen molar-refractivity contribution >= 4 is 35.5 Å². The number of furan rings is 1. The van der Waals surface area contributed by atoms with Crippen LogP contribution in [-0.2, 0) is 0 Å². The fourth-order valence-electron chi connectivity index (χ4n) is 1.45. The average Bonchev–Trinajstić information content (AvgIpc) is 2.58. The van der Waals surface area contributed by atoms with E-state index in [1.165, 1.54) is 0 Å². The van der Waals surface area contributed by atoms with Crippen molar-refractivity contribution in [2.24, 2.45) is 0 Å². The van der Waals surface area contributed by atoms with Crippen LogP contribution in [0.2, 0.25) is 0 Å². The topological polar surface area (TPSA) is 41.8 Å². The molecule has 3 nitrogen and oxygen atoms in total. The molecule has 15 heavy (non-hydrogen) atoms. The number of H-pyrrole nitrogens is 1. The van der Waals surface area contributed by atoms with Crippen LogP contribution >= 0.6 is 12.2 Å². The summed E-state index contributed by atoms with van der Waals surface area (Å²) < 4.78 is 6.07. The third-order valence-electron chi connectivity index (χ3n) is 2.08. The second-order valence-electron chi connectivity index (χ2n) is 3.00. The van der Waals surface area contributed by atoms with Crippen LogP contribution in [-0.4, -0.2) is 9.97 Å². The number of hydrogen-bond acceptors (Lipinski definition) is 3. The molecule has 0 radical (unpaired) electrons. The Balaban J connectivity index is 2.90. The molecule has 0 aliphatic carbocycles. The number of aromatic nitrogens is 2. The van der Waals surface area contributed by atoms with Crippen LogP contribution in [0.25, 0.3) is 23.3 Å². The standard InChI is InChI=1S/C11H10N2OS/c1-3-5-8-7(4-2)9-10(14-8)11(15)13-6-12-9/h3-6H,2H2,1H3,(H,12,13,15)/b5-3-. The summed E-state index contributed by atoms with van der Waals surface area (Å²) in [6, 6.07) is 0. The third-order valence-corrected chi connectivity index (χ3v) is 2.37. The van der Waals surface area contributed by atoms with Gasteiger partial charge < -0.3 is 9.40 Å². The van der Waals surface area contributed by atoms with Gasteiger partial charge in [-0.15, -0.1) is 0 Å². The molecule has 2 aromatic rings. The Kier molecular flexibility index (Phi) is 2.51. The van der Waals surface area contributed by atoms with Crippen LogP contribution in [0.1, 0.15) is 18.2 Å². The summed E-state index contributed by atoms with van der Waals surface area (Å²) in [7, 11) is 0. The molecular formula is C11H10N2OS. The fourth-order valence-corrected chi connectivity index (χ4v) is 1.64. The molecule has 1 N–H and O–H groups in total. The minimum Gasteiger partial charge on any atom is -0.451 e. The number of nitrogens with zero attached hydrogens (tertiary/aromatic N) is 1. The number of rotatable bonds is 2. The van der Waals surface area contributed by atoms with Crippen LogP contribution in [0.15, 0.2) is 23.4 Å². The summed E-state index contributed by atoms with van der Waals surface area (Å²) in [6.07, 6.45) is 7.08. The predicted octanol–water partition coefficient (Wildman–Crippen LogP) is 3.56. The molecule has 0 saturated carbocycles. The van der Waals surface area contributed by atoms with E-state index in [2.05, 4.69) is 16.5 Å². The van der Waals surface area contributed by atoms with Gasteiger partial charge in [0.15, 0.2) is 10.2 Å². The Labute approximate surface area is 92.2 Å². The van der Waals surface area contributed by atoms with Crippen molar-refractivity contribution < 1.29 is 4.42 Å². The number of fused-ring (bicyclic) bond motifs is 1. The van der Waals surface area contributed by atoms with Crippen LogP contribution < -0.4 is 0 Å². The Morgan fingerprint density at radius 3 is 3.07 bits per heavy atom. The lowest BCUT2D eigenvalue weighted by Gasteiger charge is -1.89. The first kappa shape index (κ1) is 9.86. The first-order valence-electron chi connectivity index (χ1n) is 4.53. The SMILES string of the molecule is C=Cc1c(/C=C\C)oc2c(=S)nc[nH]c12. The molecule has 0 bridgehead atoms. The molecule has 0 atom stereocenters. The van der Waals surface area contributed by atoms with Crippen molar-refractivity contribution in [2.75, 3.05) is 0 Å². The Bertz CT molecular complexity index is 592. The van der Waals surface area contributed by atoms with Crippen molar-refractivity contribution in [3.8, 4) is 0 Å². The van der Waals surface area contributed by atoms with Crippen LogP contribution in [0, 0.1) is 4.64 Å². The van der Waals surface area contributed by atoms with Crippen molar-refractivity contribution in [2.45, 2.75) is 6.92 Å². The van der Waals surface area contributed by atoms with E-state index >= 15 is 0 Å². The zero-order valence-corrected chi connectivity index (χ0v) is 9.10. The number of nitrogens with one attached hydrogen (secondary N) is 1. The second kappa shape index (κ2) is 3.82. The van der Waals surface area contributed by atoms with Gasteiger partial charge >= 0.3 is 0 Å². The minimum atomic E-state index is 0.461. The molecule has 76 valence electrons. The highest BCUT2D eigenvalue weighted by molar-refractivity contribution is 7.71. The minimum absolute atomic E-state index is 0.461. The lowest BCUT2D eigenvalue weighted by Crippen LogP contribution is -1.80. The summed E-state index contributed by atoms with van der Waals surface area (Å²) in [6.45, 7) is 5.68. The van der Waals surface area contributed by atoms with Gasteiger partial charge in [-0.2, -0.15) is 0 Å². The summed E-state index contributed by atoms with van der Waals surface area (Å²) >= 11 is 5.08. The van der Waals surface area contributed by atoms with Gasteiger partial charge in [-0.25, -0.2) is 4.98 Å². The lowest BCUT2D eigenvalue weighted by molar-refractivity contribution is 0.600. The first-order valence-corrected chi connectivity index (χ1v) is 4.94. The summed E-state index contributed by atoms with van der Waals surface area (Å²) in [5.41, 5.74) is 2.37. The number of hydrogen-bond donors (Lipinski definition) is 1. The fraction of sp³-hybridized carbons (Fsp3) is 0.0909. The maximum Gasteiger partial charge on any atom is 0.188 e. The maximum absolute atomic E-state index is 5.61. The Morgan fingerprint density at radius 2 is 2.40 bits per heavy atom. The maximum atomic E-state index is 5.61. The zero-order chi connectivity index (χ0) is 10.8. The van der Waals surface area contributed by atoms with Gasteiger partial charge in [-0.1, -0.05) is 30.9 Å². The quantitative estimate of drug-likeness (QED) is 0.783. The van der Waals surface area contributed by atoms with Gasteiger partial charge in [0.1, 0.15) is 5.76 Å². The van der Waals surface area contributed by atoms with Crippen molar-refractivity contribution in [1.29, 1.82) is 0 Å². The van der Waals surface area contributed by atoms with Crippen molar-refractivity contribution in [1.82, 2.24) is 9.97 Å². The molecule has 4 heteroatoms. The molecule has 0 aliphatic rings. The van der Waals surface area contributed by atoms with Crippen molar-refractivity contribution in [3.63, 3.8) is 0 Å². The Morgan fingerprint density at radius 1 is 1.60 bits per heavy atom. The van der Waals surface area contributed by atoms with Gasteiger partial charge in [-0.3, -0.25) is 0 Å². The van der Waals surface area contributed by atoms with Gasteiger partial charge in [0.2, 0.25) is 0 Å². The highest BCUT2D eigenvalue weighted by atomic mass is 32.1. The first-order chi connectivity index (χ1) is 7.27. The van der Waals surface area contributed by atoms with Gasteiger partial charge in [0.05, 0.1) is 11.8 Å². The van der Waals surface area contributed by atoms with Gasteiger partial charge in [-0.05, 0) is 13.0 Å². The highest BCUT2D eigenvalue weighted by Gasteiger charge is 2.10. The smallest absolute Gasteiger partial charge is 0.188 e. The average molecular weight is 218 g/mol. The van der Waals surface area contributed by atoms with Gasteiger partial charge in [0, 0.05) is 5.56 Å². The molecule has 0 fully saturated rings. The van der Waals surface area contributed by atoms with E-state index in [1.807, 2.05) is 19.1 Å².